The van der Waals surface area contributed by atoms with Gasteiger partial charge in [-0.25, -0.2) is 0 Å². The first-order valence-electron chi connectivity index (χ1n) is 4.57. The van der Waals surface area contributed by atoms with Gasteiger partial charge in [0.2, 0.25) is 6.04 Å². The first-order valence-corrected chi connectivity index (χ1v) is 4.57. The summed E-state index contributed by atoms with van der Waals surface area (Å²) in [5, 5.41) is 10.3. The van der Waals surface area contributed by atoms with Crippen molar-refractivity contribution in [3.05, 3.63) is 10.1 Å². The zero-order chi connectivity index (χ0) is 9.68. The molecule has 1 fully saturated rings. The van der Waals surface area contributed by atoms with Crippen molar-refractivity contribution in [1.82, 2.24) is 0 Å². The Morgan fingerprint density at radius 2 is 2.46 bits per heavy atom. The van der Waals surface area contributed by atoms with E-state index in [0.717, 1.165) is 19.3 Å². The van der Waals surface area contributed by atoms with Gasteiger partial charge in [0.15, 0.2) is 6.29 Å². The molecule has 0 aromatic heterocycles. The molecule has 0 amide bonds. The van der Waals surface area contributed by atoms with Crippen LogP contribution < -0.4 is 0 Å². The predicted octanol–water partition coefficient (Wildman–Crippen LogP) is 1.19. The van der Waals surface area contributed by atoms with Crippen molar-refractivity contribution in [3.63, 3.8) is 0 Å². The molecule has 5 heteroatoms. The van der Waals surface area contributed by atoms with Crippen LogP contribution in [0.2, 0.25) is 0 Å². The molecule has 2 atom stereocenters. The van der Waals surface area contributed by atoms with Gasteiger partial charge >= 0.3 is 0 Å². The summed E-state index contributed by atoms with van der Waals surface area (Å²) in [6.07, 6.45) is 2.77. The van der Waals surface area contributed by atoms with Crippen LogP contribution in [0.1, 0.15) is 26.2 Å². The molecule has 13 heavy (non-hydrogen) atoms. The molecule has 1 saturated heterocycles. The van der Waals surface area contributed by atoms with E-state index in [4.69, 9.17) is 9.47 Å². The maximum absolute atomic E-state index is 10.3. The molecule has 0 spiro atoms. The molecule has 1 aliphatic heterocycles. The molecular weight excluding hydrogens is 174 g/mol. The highest BCUT2D eigenvalue weighted by Gasteiger charge is 2.19. The third-order valence-corrected chi connectivity index (χ3v) is 2.02. The van der Waals surface area contributed by atoms with Gasteiger partial charge in [-0.05, 0) is 19.3 Å². The minimum Gasteiger partial charge on any atom is -0.353 e. The summed E-state index contributed by atoms with van der Waals surface area (Å²) < 4.78 is 10.5. The Balaban J connectivity index is 2.13. The van der Waals surface area contributed by atoms with E-state index in [2.05, 4.69) is 0 Å². The first kappa shape index (κ1) is 10.4. The van der Waals surface area contributed by atoms with E-state index >= 15 is 0 Å². The lowest BCUT2D eigenvalue weighted by Crippen LogP contribution is -2.29. The maximum atomic E-state index is 10.3. The summed E-state index contributed by atoms with van der Waals surface area (Å²) in [7, 11) is 0. The molecule has 0 bridgehead atoms. The van der Waals surface area contributed by atoms with Gasteiger partial charge < -0.3 is 9.47 Å². The van der Waals surface area contributed by atoms with Crippen LogP contribution in [0.4, 0.5) is 0 Å². The summed E-state index contributed by atoms with van der Waals surface area (Å²) in [5.41, 5.74) is 0. The van der Waals surface area contributed by atoms with E-state index in [1.54, 1.807) is 0 Å². The Kier molecular flexibility index (Phi) is 4.11. The van der Waals surface area contributed by atoms with Gasteiger partial charge in [-0.3, -0.25) is 10.1 Å². The zero-order valence-corrected chi connectivity index (χ0v) is 7.77. The van der Waals surface area contributed by atoms with Crippen LogP contribution in [0.3, 0.4) is 0 Å². The minimum absolute atomic E-state index is 0.137. The van der Waals surface area contributed by atoms with Crippen molar-refractivity contribution in [2.75, 3.05) is 13.2 Å². The van der Waals surface area contributed by atoms with E-state index < -0.39 is 6.04 Å². The second-order valence-corrected chi connectivity index (χ2v) is 3.26. The first-order chi connectivity index (χ1) is 6.20. The van der Waals surface area contributed by atoms with Crippen molar-refractivity contribution >= 4 is 0 Å². The molecular formula is C8H15NO4. The molecule has 0 aromatic carbocycles. The van der Waals surface area contributed by atoms with E-state index in [1.165, 1.54) is 6.92 Å². The molecule has 0 aromatic rings. The van der Waals surface area contributed by atoms with Gasteiger partial charge in [0.1, 0.15) is 6.61 Å². The topological polar surface area (TPSA) is 61.6 Å². The molecule has 0 radical (unpaired) electrons. The molecule has 0 saturated carbocycles. The summed E-state index contributed by atoms with van der Waals surface area (Å²) in [6, 6.07) is -0.648. The molecule has 1 aliphatic rings. The fraction of sp³-hybridized carbons (Fsp3) is 1.00. The highest BCUT2D eigenvalue weighted by atomic mass is 16.7. The normalized spacial score (nSPS) is 25.5. The van der Waals surface area contributed by atoms with Crippen molar-refractivity contribution in [2.45, 2.75) is 38.5 Å². The molecule has 76 valence electrons. The maximum Gasteiger partial charge on any atom is 0.233 e. The molecule has 0 aliphatic carbocycles. The van der Waals surface area contributed by atoms with Crippen LogP contribution in [0, 0.1) is 10.1 Å². The highest BCUT2D eigenvalue weighted by molar-refractivity contribution is 4.55. The van der Waals surface area contributed by atoms with Gasteiger partial charge in [-0.1, -0.05) is 0 Å². The largest absolute Gasteiger partial charge is 0.353 e. The Morgan fingerprint density at radius 1 is 1.69 bits per heavy atom. The SMILES string of the molecule is CC(COC1CCCCO1)[N+](=O)[O-]. The third-order valence-electron chi connectivity index (χ3n) is 2.02. The Labute approximate surface area is 77.2 Å². The van der Waals surface area contributed by atoms with Crippen molar-refractivity contribution in [3.8, 4) is 0 Å². The van der Waals surface area contributed by atoms with E-state index in [9.17, 15) is 10.1 Å². The molecule has 5 nitrogen and oxygen atoms in total. The van der Waals surface area contributed by atoms with E-state index in [-0.39, 0.29) is 17.8 Å². The van der Waals surface area contributed by atoms with Gasteiger partial charge in [-0.2, -0.15) is 0 Å². The predicted molar refractivity (Wildman–Crippen MR) is 46.0 cm³/mol. The molecule has 1 rings (SSSR count). The fourth-order valence-electron chi connectivity index (χ4n) is 1.15. The number of hydrogen-bond acceptors (Lipinski definition) is 4. The average molecular weight is 189 g/mol. The van der Waals surface area contributed by atoms with E-state index in [1.807, 2.05) is 0 Å². The lowest BCUT2D eigenvalue weighted by atomic mass is 10.2. The highest BCUT2D eigenvalue weighted by Crippen LogP contribution is 2.13. The van der Waals surface area contributed by atoms with Crippen LogP contribution >= 0.6 is 0 Å². The third kappa shape index (κ3) is 3.69. The summed E-state index contributed by atoms with van der Waals surface area (Å²) in [6.45, 7) is 2.37. The smallest absolute Gasteiger partial charge is 0.233 e. The summed E-state index contributed by atoms with van der Waals surface area (Å²) in [5.74, 6) is 0. The minimum atomic E-state index is -0.648. The van der Waals surface area contributed by atoms with Gasteiger partial charge in [0, 0.05) is 18.5 Å². The van der Waals surface area contributed by atoms with Crippen molar-refractivity contribution < 1.29 is 14.4 Å². The van der Waals surface area contributed by atoms with Crippen LogP contribution in [0.15, 0.2) is 0 Å². The number of rotatable bonds is 4. The average Bonchev–Trinajstić information content (AvgIpc) is 2.15. The lowest BCUT2D eigenvalue weighted by molar-refractivity contribution is -0.524. The quantitative estimate of drug-likeness (QED) is 0.492. The Hall–Kier alpha value is -0.680. The number of nitro groups is 1. The second-order valence-electron chi connectivity index (χ2n) is 3.26. The zero-order valence-electron chi connectivity index (χ0n) is 7.77. The number of ether oxygens (including phenoxy) is 2. The number of nitrogens with zero attached hydrogens (tertiary/aromatic N) is 1. The summed E-state index contributed by atoms with van der Waals surface area (Å²) >= 11 is 0. The Bertz CT molecular complexity index is 168. The van der Waals surface area contributed by atoms with Crippen LogP contribution in [0.5, 0.6) is 0 Å². The van der Waals surface area contributed by atoms with Gasteiger partial charge in [-0.15, -0.1) is 0 Å². The van der Waals surface area contributed by atoms with Gasteiger partial charge in [0.25, 0.3) is 0 Å². The van der Waals surface area contributed by atoms with E-state index in [0.29, 0.717) is 6.61 Å². The molecule has 2 unspecified atom stereocenters. The van der Waals surface area contributed by atoms with Crippen molar-refractivity contribution in [1.29, 1.82) is 0 Å². The van der Waals surface area contributed by atoms with Crippen LogP contribution in [0.25, 0.3) is 0 Å². The number of hydrogen-bond donors (Lipinski definition) is 0. The summed E-state index contributed by atoms with van der Waals surface area (Å²) in [4.78, 5) is 9.91. The lowest BCUT2D eigenvalue weighted by Gasteiger charge is -2.22. The standard InChI is InChI=1S/C8H15NO4/c1-7(9(10)11)6-13-8-4-2-3-5-12-8/h7-8H,2-6H2,1H3. The molecule has 0 N–H and O–H groups in total. The second kappa shape index (κ2) is 5.14. The van der Waals surface area contributed by atoms with Crippen LogP contribution in [-0.2, 0) is 9.47 Å². The molecule has 1 heterocycles. The van der Waals surface area contributed by atoms with Crippen LogP contribution in [-0.4, -0.2) is 30.5 Å². The fourth-order valence-corrected chi connectivity index (χ4v) is 1.15. The monoisotopic (exact) mass is 189 g/mol. The Morgan fingerprint density at radius 3 is 3.00 bits per heavy atom. The van der Waals surface area contributed by atoms with Crippen molar-refractivity contribution in [2.24, 2.45) is 0 Å². The van der Waals surface area contributed by atoms with Gasteiger partial charge in [0.05, 0.1) is 0 Å².